The minimum absolute atomic E-state index is 0.0639. The summed E-state index contributed by atoms with van der Waals surface area (Å²) in [5.74, 6) is 1.30. The Hall–Kier alpha value is -4.16. The van der Waals surface area contributed by atoms with Crippen molar-refractivity contribution in [2.45, 2.75) is 26.7 Å². The lowest BCUT2D eigenvalue weighted by molar-refractivity contribution is -0.112. The Balaban J connectivity index is 1.65. The molecule has 186 valence electrons. The molecule has 1 amide bonds. The monoisotopic (exact) mass is 504 g/mol. The average molecular weight is 505 g/mol. The van der Waals surface area contributed by atoms with Gasteiger partial charge in [0.15, 0.2) is 11.5 Å². The Kier molecular flexibility index (Phi) is 10.0. The maximum absolute atomic E-state index is 12.5. The highest BCUT2D eigenvalue weighted by atomic mass is 32.1. The van der Waals surface area contributed by atoms with Gasteiger partial charge in [-0.3, -0.25) is 10.1 Å². The molecule has 8 nitrogen and oxygen atoms in total. The van der Waals surface area contributed by atoms with Crippen molar-refractivity contribution in [1.82, 2.24) is 10.2 Å². The molecule has 0 unspecified atom stereocenters. The molecule has 0 radical (unpaired) electrons. The Morgan fingerprint density at radius 2 is 1.86 bits per heavy atom. The summed E-state index contributed by atoms with van der Waals surface area (Å²) in [7, 11) is 0. The molecule has 2 aromatic carbocycles. The van der Waals surface area contributed by atoms with Crippen LogP contribution in [0, 0.1) is 11.3 Å². The van der Waals surface area contributed by atoms with E-state index in [-0.39, 0.29) is 5.57 Å². The van der Waals surface area contributed by atoms with E-state index in [9.17, 15) is 10.1 Å². The van der Waals surface area contributed by atoms with E-state index >= 15 is 0 Å². The highest BCUT2D eigenvalue weighted by molar-refractivity contribution is 7.15. The second-order valence-electron chi connectivity index (χ2n) is 7.42. The zero-order chi connectivity index (χ0) is 25.8. The number of rotatable bonds is 13. The highest BCUT2D eigenvalue weighted by Gasteiger charge is 2.14. The smallest absolute Gasteiger partial charge is 0.268 e. The number of carbonyl (C=O) groups is 1. The van der Waals surface area contributed by atoms with Crippen molar-refractivity contribution in [3.8, 4) is 23.3 Å². The predicted molar refractivity (Wildman–Crippen MR) is 140 cm³/mol. The summed E-state index contributed by atoms with van der Waals surface area (Å²) in [5.41, 5.74) is 1.62. The van der Waals surface area contributed by atoms with Crippen LogP contribution in [0.2, 0.25) is 0 Å². The minimum Gasteiger partial charge on any atom is -0.490 e. The van der Waals surface area contributed by atoms with Crippen molar-refractivity contribution in [2.75, 3.05) is 25.1 Å². The molecule has 0 saturated heterocycles. The van der Waals surface area contributed by atoms with Gasteiger partial charge in [0.05, 0.1) is 6.61 Å². The third-order valence-electron chi connectivity index (χ3n) is 4.87. The van der Waals surface area contributed by atoms with Crippen LogP contribution in [0.1, 0.15) is 30.0 Å². The van der Waals surface area contributed by atoms with Crippen molar-refractivity contribution in [3.63, 3.8) is 0 Å². The highest BCUT2D eigenvalue weighted by Crippen LogP contribution is 2.30. The van der Waals surface area contributed by atoms with Gasteiger partial charge < -0.3 is 14.2 Å². The van der Waals surface area contributed by atoms with Gasteiger partial charge in [-0.25, -0.2) is 0 Å². The molecule has 0 fully saturated rings. The lowest BCUT2D eigenvalue weighted by Crippen LogP contribution is -2.13. The van der Waals surface area contributed by atoms with Gasteiger partial charge in [0, 0.05) is 0 Å². The number of nitriles is 1. The maximum Gasteiger partial charge on any atom is 0.268 e. The van der Waals surface area contributed by atoms with Crippen LogP contribution in [0.15, 0.2) is 60.7 Å². The molecular weight excluding hydrogens is 476 g/mol. The van der Waals surface area contributed by atoms with Gasteiger partial charge in [0.1, 0.15) is 35.6 Å². The van der Waals surface area contributed by atoms with E-state index in [1.54, 1.807) is 18.2 Å². The summed E-state index contributed by atoms with van der Waals surface area (Å²) >= 11 is 1.28. The number of benzene rings is 2. The van der Waals surface area contributed by atoms with Crippen molar-refractivity contribution >= 4 is 28.5 Å². The predicted octanol–water partition coefficient (Wildman–Crippen LogP) is 5.23. The SMILES string of the molecule is C=CCc1ccccc1OCCOc1ccc(C=C(C#N)C(=O)Nc2nnc(CC)s2)cc1OCC. The van der Waals surface area contributed by atoms with E-state index < -0.39 is 5.91 Å². The van der Waals surface area contributed by atoms with Gasteiger partial charge in [0.25, 0.3) is 5.91 Å². The topological polar surface area (TPSA) is 106 Å². The fourth-order valence-electron chi connectivity index (χ4n) is 3.20. The molecule has 0 aliphatic heterocycles. The molecule has 36 heavy (non-hydrogen) atoms. The fraction of sp³-hybridized carbons (Fsp3) is 0.259. The molecule has 3 aromatic rings. The molecule has 0 aliphatic rings. The fourth-order valence-corrected chi connectivity index (χ4v) is 3.88. The molecule has 9 heteroatoms. The number of allylic oxidation sites excluding steroid dienone is 1. The zero-order valence-electron chi connectivity index (χ0n) is 20.3. The summed E-state index contributed by atoms with van der Waals surface area (Å²) in [6.07, 6.45) is 4.77. The number of para-hydroxylation sites is 1. The number of nitrogens with zero attached hydrogens (tertiary/aromatic N) is 3. The van der Waals surface area contributed by atoms with E-state index in [1.165, 1.54) is 17.4 Å². The van der Waals surface area contributed by atoms with Crippen LogP contribution in [0.5, 0.6) is 17.2 Å². The van der Waals surface area contributed by atoms with Gasteiger partial charge >= 0.3 is 0 Å². The van der Waals surface area contributed by atoms with Crippen molar-refractivity contribution in [2.24, 2.45) is 0 Å². The molecule has 0 aliphatic carbocycles. The van der Waals surface area contributed by atoms with E-state index in [0.717, 1.165) is 29.2 Å². The summed E-state index contributed by atoms with van der Waals surface area (Å²) in [5, 5.41) is 21.2. The Labute approximate surface area is 214 Å². The second-order valence-corrected chi connectivity index (χ2v) is 8.48. The number of hydrogen-bond acceptors (Lipinski definition) is 8. The van der Waals surface area contributed by atoms with Crippen LogP contribution in [-0.2, 0) is 17.6 Å². The first-order valence-electron chi connectivity index (χ1n) is 11.5. The molecule has 0 saturated carbocycles. The number of nitrogens with one attached hydrogen (secondary N) is 1. The molecule has 0 atom stereocenters. The second kappa shape index (κ2) is 13.7. The van der Waals surface area contributed by atoms with Gasteiger partial charge in [0.2, 0.25) is 5.13 Å². The molecule has 1 N–H and O–H groups in total. The third-order valence-corrected chi connectivity index (χ3v) is 5.85. The van der Waals surface area contributed by atoms with Crippen LogP contribution in [-0.4, -0.2) is 35.9 Å². The first-order chi connectivity index (χ1) is 17.6. The Morgan fingerprint density at radius 3 is 2.56 bits per heavy atom. The van der Waals surface area contributed by atoms with E-state index in [4.69, 9.17) is 14.2 Å². The van der Waals surface area contributed by atoms with Gasteiger partial charge in [-0.1, -0.05) is 48.6 Å². The largest absolute Gasteiger partial charge is 0.490 e. The number of aryl methyl sites for hydroxylation is 1. The quantitative estimate of drug-likeness (QED) is 0.147. The molecule has 1 heterocycles. The normalized spacial score (nSPS) is 10.9. The average Bonchev–Trinajstić information content (AvgIpc) is 3.34. The van der Waals surface area contributed by atoms with Crippen LogP contribution >= 0.6 is 11.3 Å². The van der Waals surface area contributed by atoms with E-state index in [0.29, 0.717) is 42.0 Å². The van der Waals surface area contributed by atoms with Crippen LogP contribution in [0.4, 0.5) is 5.13 Å². The molecule has 3 rings (SSSR count). The molecule has 0 bridgehead atoms. The number of hydrogen-bond donors (Lipinski definition) is 1. The maximum atomic E-state index is 12.5. The summed E-state index contributed by atoms with van der Waals surface area (Å²) in [6.45, 7) is 8.69. The molecule has 0 spiro atoms. The van der Waals surface area contributed by atoms with Crippen LogP contribution < -0.4 is 19.5 Å². The van der Waals surface area contributed by atoms with Crippen molar-refractivity contribution in [3.05, 3.63) is 76.8 Å². The number of carbonyl (C=O) groups excluding carboxylic acids is 1. The molecular formula is C27H28N4O4S. The summed E-state index contributed by atoms with van der Waals surface area (Å²) in [4.78, 5) is 12.5. The van der Waals surface area contributed by atoms with Crippen molar-refractivity contribution < 1.29 is 19.0 Å². The summed E-state index contributed by atoms with van der Waals surface area (Å²) in [6, 6.07) is 15.0. The van der Waals surface area contributed by atoms with E-state index in [2.05, 4.69) is 22.1 Å². The van der Waals surface area contributed by atoms with Gasteiger partial charge in [-0.2, -0.15) is 5.26 Å². The molecule has 1 aromatic heterocycles. The number of anilines is 1. The minimum atomic E-state index is -0.552. The first kappa shape index (κ1) is 26.4. The number of amides is 1. The lowest BCUT2D eigenvalue weighted by Gasteiger charge is -2.14. The lowest BCUT2D eigenvalue weighted by atomic mass is 10.1. The third kappa shape index (κ3) is 7.42. The standard InChI is InChI=1S/C27H28N4O4S/c1-4-9-20-10-7-8-11-22(20)34-14-15-35-23-13-12-19(17-24(23)33-6-3)16-21(18-28)26(32)29-27-31-30-25(5-2)36-27/h4,7-8,10-13,16-17H,1,5-6,9,14-15H2,2-3H3,(H,29,31,32). The Bertz CT molecular complexity index is 1260. The Morgan fingerprint density at radius 1 is 1.08 bits per heavy atom. The van der Waals surface area contributed by atoms with E-state index in [1.807, 2.05) is 50.3 Å². The first-order valence-corrected chi connectivity index (χ1v) is 12.4. The van der Waals surface area contributed by atoms with Crippen LogP contribution in [0.3, 0.4) is 0 Å². The van der Waals surface area contributed by atoms with Gasteiger partial charge in [-0.15, -0.1) is 16.8 Å². The van der Waals surface area contributed by atoms with Crippen LogP contribution in [0.25, 0.3) is 6.08 Å². The zero-order valence-corrected chi connectivity index (χ0v) is 21.1. The van der Waals surface area contributed by atoms with Gasteiger partial charge in [-0.05, 0) is 55.2 Å². The number of ether oxygens (including phenoxy) is 3. The summed E-state index contributed by atoms with van der Waals surface area (Å²) < 4.78 is 17.5. The number of aromatic nitrogens is 2. The van der Waals surface area contributed by atoms with Crippen molar-refractivity contribution in [1.29, 1.82) is 5.26 Å².